The number of urea groups is 1. The molecule has 0 aliphatic carbocycles. The molecule has 9 heteroatoms. The second kappa shape index (κ2) is 7.93. The molecule has 9 nitrogen and oxygen atoms in total. The van der Waals surface area contributed by atoms with Gasteiger partial charge in [0.05, 0.1) is 11.7 Å². The topological polar surface area (TPSA) is 103 Å². The van der Waals surface area contributed by atoms with E-state index < -0.39 is 0 Å². The van der Waals surface area contributed by atoms with Gasteiger partial charge in [-0.1, -0.05) is 30.3 Å². The summed E-state index contributed by atoms with van der Waals surface area (Å²) in [4.78, 5) is 12.4. The zero-order valence-corrected chi connectivity index (χ0v) is 16.0. The minimum atomic E-state index is -0.360. The number of hydrogen-bond acceptors (Lipinski definition) is 5. The summed E-state index contributed by atoms with van der Waals surface area (Å²) >= 11 is 0. The number of aryl methyl sites for hydroxylation is 1. The third-order valence-electron chi connectivity index (χ3n) is 4.56. The number of amides is 2. The molecule has 0 aliphatic heterocycles. The summed E-state index contributed by atoms with van der Waals surface area (Å²) in [6, 6.07) is 17.0. The molecule has 0 fully saturated rings. The summed E-state index contributed by atoms with van der Waals surface area (Å²) in [7, 11) is 0. The number of nitrogens with zero attached hydrogens (tertiary/aromatic N) is 6. The molecular formula is C20H20N8O. The highest BCUT2D eigenvalue weighted by Crippen LogP contribution is 2.21. The van der Waals surface area contributed by atoms with Crippen molar-refractivity contribution in [3.63, 3.8) is 0 Å². The van der Waals surface area contributed by atoms with Gasteiger partial charge in [-0.05, 0) is 54.1 Å². The lowest BCUT2D eigenvalue weighted by Gasteiger charge is -2.12. The van der Waals surface area contributed by atoms with Crippen LogP contribution in [-0.4, -0.2) is 36.0 Å². The zero-order valence-electron chi connectivity index (χ0n) is 16.0. The first-order chi connectivity index (χ1) is 14.1. The number of hydrogen-bond donors (Lipinski definition) is 2. The van der Waals surface area contributed by atoms with Crippen LogP contribution in [0.5, 0.6) is 0 Å². The highest BCUT2D eigenvalue weighted by Gasteiger charge is 2.14. The summed E-state index contributed by atoms with van der Waals surface area (Å²) in [6.45, 7) is 3.98. The molecule has 0 bridgehead atoms. The number of nitrogens with one attached hydrogen (secondary N) is 2. The molecule has 2 aromatic carbocycles. The monoisotopic (exact) mass is 388 g/mol. The van der Waals surface area contributed by atoms with Gasteiger partial charge in [-0.25, -0.2) is 9.48 Å². The van der Waals surface area contributed by atoms with Crippen molar-refractivity contribution in [2.24, 2.45) is 0 Å². The highest BCUT2D eigenvalue weighted by molar-refractivity contribution is 5.99. The van der Waals surface area contributed by atoms with Gasteiger partial charge in [0.2, 0.25) is 0 Å². The molecule has 1 atom stereocenters. The average Bonchev–Trinajstić information content (AvgIpc) is 3.39. The number of tetrazole rings is 1. The molecule has 1 unspecified atom stereocenters. The number of carbonyl (C=O) groups excluding carboxylic acids is 1. The molecule has 0 saturated carbocycles. The van der Waals surface area contributed by atoms with Crippen molar-refractivity contribution in [2.75, 3.05) is 10.6 Å². The van der Waals surface area contributed by atoms with Crippen LogP contribution >= 0.6 is 0 Å². The van der Waals surface area contributed by atoms with Crippen LogP contribution in [0.1, 0.15) is 24.1 Å². The quantitative estimate of drug-likeness (QED) is 0.545. The minimum Gasteiger partial charge on any atom is -0.308 e. The number of anilines is 2. The summed E-state index contributed by atoms with van der Waals surface area (Å²) in [5.74, 6) is 0.524. The molecule has 0 saturated heterocycles. The first-order valence-electron chi connectivity index (χ1n) is 9.12. The Balaban J connectivity index is 1.41. The molecule has 2 aromatic heterocycles. The predicted octanol–water partition coefficient (Wildman–Crippen LogP) is 3.42. The maximum atomic E-state index is 12.4. The van der Waals surface area contributed by atoms with Crippen LogP contribution in [-0.2, 0) is 0 Å². The standard InChI is InChI=1S/C20H20N8O/c1-14-12-27(15(2)16-6-4-3-5-7-16)24-19(14)23-20(29)22-17-8-10-18(11-9-17)28-13-21-25-26-28/h3-13,15H,1-2H3,(H2,22,23,24,29). The van der Waals surface area contributed by atoms with Gasteiger partial charge in [-0.15, -0.1) is 5.10 Å². The van der Waals surface area contributed by atoms with E-state index in [1.807, 2.05) is 48.1 Å². The molecule has 0 aliphatic rings. The van der Waals surface area contributed by atoms with E-state index in [0.717, 1.165) is 16.8 Å². The smallest absolute Gasteiger partial charge is 0.308 e. The van der Waals surface area contributed by atoms with Gasteiger partial charge in [0.25, 0.3) is 0 Å². The molecule has 2 N–H and O–H groups in total. The van der Waals surface area contributed by atoms with Crippen molar-refractivity contribution in [1.29, 1.82) is 0 Å². The molecule has 0 radical (unpaired) electrons. The largest absolute Gasteiger partial charge is 0.324 e. The molecule has 4 aromatic rings. The number of carbonyl (C=O) groups is 1. The fourth-order valence-electron chi connectivity index (χ4n) is 2.94. The van der Waals surface area contributed by atoms with Crippen molar-refractivity contribution in [3.8, 4) is 5.69 Å². The van der Waals surface area contributed by atoms with Crippen LogP contribution in [0.25, 0.3) is 5.69 Å². The van der Waals surface area contributed by atoms with Crippen LogP contribution in [0.3, 0.4) is 0 Å². The summed E-state index contributed by atoms with van der Waals surface area (Å²) in [6.07, 6.45) is 3.43. The zero-order chi connectivity index (χ0) is 20.2. The molecule has 29 heavy (non-hydrogen) atoms. The van der Waals surface area contributed by atoms with Gasteiger partial charge in [-0.3, -0.25) is 10.00 Å². The Bertz CT molecular complexity index is 1090. The van der Waals surface area contributed by atoms with Crippen molar-refractivity contribution in [1.82, 2.24) is 30.0 Å². The summed E-state index contributed by atoms with van der Waals surface area (Å²) < 4.78 is 3.38. The van der Waals surface area contributed by atoms with Gasteiger partial charge in [-0.2, -0.15) is 5.10 Å². The van der Waals surface area contributed by atoms with E-state index >= 15 is 0 Å². The molecule has 4 rings (SSSR count). The van der Waals surface area contributed by atoms with Gasteiger partial charge in [0.1, 0.15) is 6.33 Å². The number of rotatable bonds is 5. The lowest BCUT2D eigenvalue weighted by atomic mass is 10.1. The van der Waals surface area contributed by atoms with Crippen molar-refractivity contribution in [3.05, 3.63) is 78.2 Å². The number of benzene rings is 2. The average molecular weight is 388 g/mol. The highest BCUT2D eigenvalue weighted by atomic mass is 16.2. The maximum absolute atomic E-state index is 12.4. The first-order valence-corrected chi connectivity index (χ1v) is 9.12. The minimum absolute atomic E-state index is 0.0623. The van der Waals surface area contributed by atoms with Gasteiger partial charge in [0, 0.05) is 17.4 Å². The Kier molecular flexibility index (Phi) is 5.02. The van der Waals surface area contributed by atoms with Crippen LogP contribution in [0.2, 0.25) is 0 Å². The fraction of sp³-hybridized carbons (Fsp3) is 0.150. The molecule has 146 valence electrons. The molecule has 2 amide bonds. The van der Waals surface area contributed by atoms with Crippen molar-refractivity contribution in [2.45, 2.75) is 19.9 Å². The van der Waals surface area contributed by atoms with Crippen molar-refractivity contribution >= 4 is 17.5 Å². The molecule has 2 heterocycles. The molecule has 0 spiro atoms. The lowest BCUT2D eigenvalue weighted by Crippen LogP contribution is -2.20. The van der Waals surface area contributed by atoms with Gasteiger partial charge < -0.3 is 5.32 Å². The Morgan fingerprint density at radius 2 is 1.79 bits per heavy atom. The van der Waals surface area contributed by atoms with Crippen molar-refractivity contribution < 1.29 is 4.79 Å². The van der Waals surface area contributed by atoms with E-state index in [1.165, 1.54) is 11.0 Å². The van der Waals surface area contributed by atoms with Crippen LogP contribution in [0.15, 0.2) is 67.1 Å². The predicted molar refractivity (Wildman–Crippen MR) is 109 cm³/mol. The van der Waals surface area contributed by atoms with E-state index in [9.17, 15) is 4.79 Å². The fourth-order valence-corrected chi connectivity index (χ4v) is 2.94. The summed E-state index contributed by atoms with van der Waals surface area (Å²) in [5.41, 5.74) is 3.48. The normalized spacial score (nSPS) is 11.8. The van der Waals surface area contributed by atoms with E-state index in [1.54, 1.807) is 12.1 Å². The Labute approximate surface area is 167 Å². The molecular weight excluding hydrogens is 368 g/mol. The Morgan fingerprint density at radius 3 is 2.48 bits per heavy atom. The number of aromatic nitrogens is 6. The third kappa shape index (κ3) is 4.13. The van der Waals surface area contributed by atoms with E-state index in [4.69, 9.17) is 0 Å². The van der Waals surface area contributed by atoms with E-state index in [0.29, 0.717) is 11.5 Å². The van der Waals surface area contributed by atoms with Crippen LogP contribution in [0, 0.1) is 6.92 Å². The van der Waals surface area contributed by atoms with Gasteiger partial charge >= 0.3 is 6.03 Å². The second-order valence-electron chi connectivity index (χ2n) is 6.61. The first kappa shape index (κ1) is 18.4. The lowest BCUT2D eigenvalue weighted by molar-refractivity contribution is 0.262. The SMILES string of the molecule is Cc1cn(C(C)c2ccccc2)nc1NC(=O)Nc1ccc(-n2cnnn2)cc1. The second-order valence-corrected chi connectivity index (χ2v) is 6.61. The van der Waals surface area contributed by atoms with E-state index in [-0.39, 0.29) is 12.1 Å². The Morgan fingerprint density at radius 1 is 1.03 bits per heavy atom. The summed E-state index contributed by atoms with van der Waals surface area (Å²) in [5, 5.41) is 21.2. The third-order valence-corrected chi connectivity index (χ3v) is 4.56. The van der Waals surface area contributed by atoms with Crippen LogP contribution in [0.4, 0.5) is 16.3 Å². The van der Waals surface area contributed by atoms with E-state index in [2.05, 4.69) is 50.3 Å². The maximum Gasteiger partial charge on any atom is 0.324 e. The Hall–Kier alpha value is -4.01. The van der Waals surface area contributed by atoms with Crippen LogP contribution < -0.4 is 10.6 Å². The van der Waals surface area contributed by atoms with Gasteiger partial charge in [0.15, 0.2) is 5.82 Å².